The maximum atomic E-state index is 6.40. The van der Waals surface area contributed by atoms with Crippen molar-refractivity contribution in [2.45, 2.75) is 90.9 Å². The largest absolute Gasteiger partial charge is 0.493 e. The minimum absolute atomic E-state index is 0.381. The van der Waals surface area contributed by atoms with E-state index in [1.54, 1.807) is 0 Å². The molecule has 190 valence electrons. The van der Waals surface area contributed by atoms with Crippen LogP contribution in [-0.2, 0) is 0 Å². The summed E-state index contributed by atoms with van der Waals surface area (Å²) < 4.78 is 18.8. The third-order valence-corrected chi connectivity index (χ3v) is 7.48. The molecule has 0 aliphatic carbocycles. The fraction of sp³-hybridized carbons (Fsp3) is 0.455. The number of fused-ring (bicyclic) bond motifs is 7. The summed E-state index contributed by atoms with van der Waals surface area (Å²) in [6.45, 7) is 7.51. The third-order valence-electron chi connectivity index (χ3n) is 7.48. The molecule has 0 aliphatic rings. The summed E-state index contributed by atoms with van der Waals surface area (Å²) in [5.41, 5.74) is 4.73. The molecule has 3 heteroatoms. The van der Waals surface area contributed by atoms with Crippen molar-refractivity contribution < 1.29 is 13.6 Å². The first-order chi connectivity index (χ1) is 17.7. The molecule has 0 spiro atoms. The van der Waals surface area contributed by atoms with Crippen molar-refractivity contribution in [2.24, 2.45) is 0 Å². The van der Waals surface area contributed by atoms with Crippen molar-refractivity contribution in [1.29, 1.82) is 0 Å². The van der Waals surface area contributed by atoms with Crippen LogP contribution in [0.5, 0.6) is 5.75 Å². The highest BCUT2D eigenvalue weighted by Crippen LogP contribution is 2.43. The highest BCUT2D eigenvalue weighted by atomic mass is 16.5. The number of furan rings is 2. The Balaban J connectivity index is 1.27. The van der Waals surface area contributed by atoms with Gasteiger partial charge in [0.2, 0.25) is 0 Å². The molecule has 36 heavy (non-hydrogen) atoms. The highest BCUT2D eigenvalue weighted by Gasteiger charge is 2.21. The minimum atomic E-state index is 0.381. The number of para-hydroxylation sites is 1. The van der Waals surface area contributed by atoms with E-state index in [9.17, 15) is 0 Å². The summed E-state index contributed by atoms with van der Waals surface area (Å²) in [4.78, 5) is 0. The average molecular weight is 485 g/mol. The lowest BCUT2D eigenvalue weighted by Crippen LogP contribution is -1.97. The summed E-state index contributed by atoms with van der Waals surface area (Å²) >= 11 is 0. The summed E-state index contributed by atoms with van der Waals surface area (Å²) in [5.74, 6) is 1.26. The molecule has 0 bridgehead atoms. The van der Waals surface area contributed by atoms with E-state index in [0.717, 1.165) is 57.3 Å². The lowest BCUT2D eigenvalue weighted by atomic mass is 9.95. The lowest BCUT2D eigenvalue weighted by Gasteiger charge is -2.08. The van der Waals surface area contributed by atoms with Gasteiger partial charge in [-0.2, -0.15) is 0 Å². The second kappa shape index (κ2) is 11.4. The van der Waals surface area contributed by atoms with Gasteiger partial charge in [0.25, 0.3) is 0 Å². The zero-order chi connectivity index (χ0) is 24.9. The first-order valence-electron chi connectivity index (χ1n) is 14.1. The molecule has 0 atom stereocenters. The number of unbranched alkanes of at least 4 members (excludes halogenated alkanes) is 9. The minimum Gasteiger partial charge on any atom is -0.493 e. The van der Waals surface area contributed by atoms with Gasteiger partial charge in [-0.1, -0.05) is 96.8 Å². The second-order valence-corrected chi connectivity index (χ2v) is 10.6. The Bertz CT molecular complexity index is 1440. The van der Waals surface area contributed by atoms with Crippen molar-refractivity contribution >= 4 is 43.9 Å². The third kappa shape index (κ3) is 5.12. The molecular formula is C33H40O3. The standard InChI is InChI=1S/C33H40O3/c1-4-5-6-7-8-9-10-11-12-15-20-34-24-18-19-25-28-22-27(23(2)3)31-26-16-13-14-17-29(26)35-33(31)32(28)36-30(25)21-24/h13-14,16-19,21-23H,4-12,15,20H2,1-3H3. The van der Waals surface area contributed by atoms with Crippen molar-refractivity contribution in [1.82, 2.24) is 0 Å². The molecule has 3 aromatic carbocycles. The average Bonchev–Trinajstić information content (AvgIpc) is 3.45. The van der Waals surface area contributed by atoms with Gasteiger partial charge in [0.15, 0.2) is 11.2 Å². The lowest BCUT2D eigenvalue weighted by molar-refractivity contribution is 0.304. The van der Waals surface area contributed by atoms with E-state index in [1.807, 2.05) is 18.2 Å². The Morgan fingerprint density at radius 3 is 2.11 bits per heavy atom. The van der Waals surface area contributed by atoms with Crippen LogP contribution in [0.15, 0.2) is 57.4 Å². The van der Waals surface area contributed by atoms with Gasteiger partial charge >= 0.3 is 0 Å². The van der Waals surface area contributed by atoms with Gasteiger partial charge in [0, 0.05) is 27.6 Å². The van der Waals surface area contributed by atoms with Gasteiger partial charge in [0.1, 0.15) is 16.9 Å². The van der Waals surface area contributed by atoms with E-state index >= 15 is 0 Å². The van der Waals surface area contributed by atoms with Crippen LogP contribution < -0.4 is 4.74 Å². The normalized spacial score (nSPS) is 12.1. The van der Waals surface area contributed by atoms with Crippen LogP contribution in [-0.4, -0.2) is 6.61 Å². The van der Waals surface area contributed by atoms with Crippen LogP contribution in [0, 0.1) is 0 Å². The molecule has 5 rings (SSSR count). The Kier molecular flexibility index (Phi) is 7.84. The molecule has 0 fully saturated rings. The van der Waals surface area contributed by atoms with Crippen molar-refractivity contribution in [2.75, 3.05) is 6.61 Å². The SMILES string of the molecule is CCCCCCCCCCCCOc1ccc2c(c1)oc1c2cc(C(C)C)c2c3ccccc3oc12. The van der Waals surface area contributed by atoms with Crippen molar-refractivity contribution in [3.05, 3.63) is 54.1 Å². The van der Waals surface area contributed by atoms with Gasteiger partial charge in [-0.25, -0.2) is 0 Å². The van der Waals surface area contributed by atoms with E-state index in [1.165, 1.54) is 68.7 Å². The number of benzene rings is 3. The Hall–Kier alpha value is -2.94. The molecular weight excluding hydrogens is 444 g/mol. The van der Waals surface area contributed by atoms with Crippen LogP contribution in [0.3, 0.4) is 0 Å². The molecule has 3 nitrogen and oxygen atoms in total. The predicted octanol–water partition coefficient (Wildman–Crippen LogP) is 10.9. The molecule has 0 aliphatic heterocycles. The zero-order valence-electron chi connectivity index (χ0n) is 22.2. The summed E-state index contributed by atoms with van der Waals surface area (Å²) in [6, 6.07) is 16.8. The van der Waals surface area contributed by atoms with Crippen LogP contribution in [0.25, 0.3) is 43.9 Å². The summed E-state index contributed by atoms with van der Waals surface area (Å²) in [7, 11) is 0. The van der Waals surface area contributed by atoms with Gasteiger partial charge in [-0.05, 0) is 42.2 Å². The van der Waals surface area contributed by atoms with E-state index in [2.05, 4.69) is 51.1 Å². The van der Waals surface area contributed by atoms with Crippen LogP contribution >= 0.6 is 0 Å². The molecule has 2 heterocycles. The Labute approximate surface area is 214 Å². The van der Waals surface area contributed by atoms with Crippen LogP contribution in [0.1, 0.15) is 96.5 Å². The van der Waals surface area contributed by atoms with E-state index in [0.29, 0.717) is 5.92 Å². The van der Waals surface area contributed by atoms with Gasteiger partial charge in [0.05, 0.1) is 6.61 Å². The fourth-order valence-corrected chi connectivity index (χ4v) is 5.45. The van der Waals surface area contributed by atoms with E-state index < -0.39 is 0 Å². The molecule has 0 amide bonds. The number of rotatable bonds is 13. The fourth-order valence-electron chi connectivity index (χ4n) is 5.45. The van der Waals surface area contributed by atoms with Gasteiger partial charge < -0.3 is 13.6 Å². The topological polar surface area (TPSA) is 35.5 Å². The molecule has 0 unspecified atom stereocenters. The molecule has 0 saturated heterocycles. The molecule has 0 radical (unpaired) electrons. The first-order valence-corrected chi connectivity index (χ1v) is 14.1. The number of hydrogen-bond acceptors (Lipinski definition) is 3. The predicted molar refractivity (Wildman–Crippen MR) is 152 cm³/mol. The monoisotopic (exact) mass is 484 g/mol. The maximum Gasteiger partial charge on any atom is 0.178 e. The number of ether oxygens (including phenoxy) is 1. The van der Waals surface area contributed by atoms with Crippen molar-refractivity contribution in [3.63, 3.8) is 0 Å². The summed E-state index contributed by atoms with van der Waals surface area (Å²) in [6.07, 6.45) is 13.3. The van der Waals surface area contributed by atoms with E-state index in [-0.39, 0.29) is 0 Å². The smallest absolute Gasteiger partial charge is 0.178 e. The Morgan fingerprint density at radius 2 is 1.36 bits per heavy atom. The molecule has 0 saturated carbocycles. The Morgan fingerprint density at radius 1 is 0.667 bits per heavy atom. The molecule has 0 N–H and O–H groups in total. The zero-order valence-corrected chi connectivity index (χ0v) is 22.2. The quantitative estimate of drug-likeness (QED) is 0.156. The number of hydrogen-bond donors (Lipinski definition) is 0. The highest BCUT2D eigenvalue weighted by molar-refractivity contribution is 6.20. The van der Waals surface area contributed by atoms with Crippen LogP contribution in [0.2, 0.25) is 0 Å². The van der Waals surface area contributed by atoms with Gasteiger partial charge in [-0.15, -0.1) is 0 Å². The first kappa shape index (κ1) is 24.7. The molecule has 5 aromatic rings. The van der Waals surface area contributed by atoms with Crippen LogP contribution in [0.4, 0.5) is 0 Å². The van der Waals surface area contributed by atoms with Crippen molar-refractivity contribution in [3.8, 4) is 5.75 Å². The maximum absolute atomic E-state index is 6.40. The second-order valence-electron chi connectivity index (χ2n) is 10.6. The molecule has 2 aromatic heterocycles. The van der Waals surface area contributed by atoms with E-state index in [4.69, 9.17) is 13.6 Å². The summed E-state index contributed by atoms with van der Waals surface area (Å²) in [5, 5.41) is 4.55. The van der Waals surface area contributed by atoms with Gasteiger partial charge in [-0.3, -0.25) is 0 Å².